The fourth-order valence-electron chi connectivity index (χ4n) is 2.69. The van der Waals surface area contributed by atoms with Crippen LogP contribution in [0.15, 0.2) is 49.0 Å². The van der Waals surface area contributed by atoms with Crippen LogP contribution in [0.2, 0.25) is 0 Å². The lowest BCUT2D eigenvalue weighted by Crippen LogP contribution is -2.00. The van der Waals surface area contributed by atoms with Crippen LogP contribution in [0.1, 0.15) is 56.2 Å². The van der Waals surface area contributed by atoms with Crippen molar-refractivity contribution in [3.05, 3.63) is 65.7 Å². The van der Waals surface area contributed by atoms with E-state index in [1.165, 1.54) is 27.8 Å². The molecule has 0 aliphatic heterocycles. The van der Waals surface area contributed by atoms with Gasteiger partial charge >= 0.3 is 0 Å². The van der Waals surface area contributed by atoms with E-state index < -0.39 is 0 Å². The van der Waals surface area contributed by atoms with E-state index >= 15 is 0 Å². The third-order valence-electron chi connectivity index (χ3n) is 3.80. The van der Waals surface area contributed by atoms with Gasteiger partial charge in [0.1, 0.15) is 0 Å². The first-order valence-corrected chi connectivity index (χ1v) is 7.40. The van der Waals surface area contributed by atoms with Gasteiger partial charge in [-0.2, -0.15) is 0 Å². The third-order valence-corrected chi connectivity index (χ3v) is 3.80. The summed E-state index contributed by atoms with van der Waals surface area (Å²) in [4.78, 5) is 0. The molecule has 0 heteroatoms. The van der Waals surface area contributed by atoms with Gasteiger partial charge in [0.15, 0.2) is 0 Å². The van der Waals surface area contributed by atoms with Crippen molar-refractivity contribution in [2.24, 2.45) is 0 Å². The van der Waals surface area contributed by atoms with Crippen molar-refractivity contribution in [3.8, 4) is 11.1 Å². The number of hydrogen-bond acceptors (Lipinski definition) is 0. The Hall–Kier alpha value is -1.82. The molecule has 0 nitrogen and oxygen atoms in total. The first-order valence-electron chi connectivity index (χ1n) is 7.40. The molecule has 0 N–H and O–H groups in total. The van der Waals surface area contributed by atoms with Crippen LogP contribution in [0.4, 0.5) is 0 Å². The minimum Gasteiger partial charge on any atom is -0.0984 e. The van der Waals surface area contributed by atoms with E-state index in [-0.39, 0.29) is 0 Å². The molecule has 2 aromatic carbocycles. The lowest BCUT2D eigenvalue weighted by molar-refractivity contribution is 0.830. The Labute approximate surface area is 123 Å². The highest BCUT2D eigenvalue weighted by Crippen LogP contribution is 2.34. The largest absolute Gasteiger partial charge is 0.0984 e. The van der Waals surface area contributed by atoms with Crippen LogP contribution in [0.3, 0.4) is 0 Å². The molecule has 0 radical (unpaired) electrons. The highest BCUT2D eigenvalue weighted by Gasteiger charge is 2.14. The fraction of sp³-hybridized carbons (Fsp3) is 0.300. The lowest BCUT2D eigenvalue weighted by atomic mass is 9.85. The second-order valence-corrected chi connectivity index (χ2v) is 5.95. The van der Waals surface area contributed by atoms with Crippen molar-refractivity contribution in [2.45, 2.75) is 39.5 Å². The zero-order valence-electron chi connectivity index (χ0n) is 13.0. The molecule has 0 aliphatic carbocycles. The van der Waals surface area contributed by atoms with E-state index in [1.807, 2.05) is 6.08 Å². The Morgan fingerprint density at radius 1 is 0.800 bits per heavy atom. The summed E-state index contributed by atoms with van der Waals surface area (Å²) in [5, 5.41) is 0. The first kappa shape index (κ1) is 14.6. The van der Waals surface area contributed by atoms with E-state index in [0.29, 0.717) is 11.8 Å². The van der Waals surface area contributed by atoms with E-state index in [2.05, 4.69) is 76.7 Å². The number of benzene rings is 2. The van der Waals surface area contributed by atoms with Crippen molar-refractivity contribution < 1.29 is 0 Å². The zero-order valence-corrected chi connectivity index (χ0v) is 13.0. The molecule has 0 aromatic heterocycles. The Kier molecular flexibility index (Phi) is 4.44. The number of rotatable bonds is 4. The minimum atomic E-state index is 0.504. The van der Waals surface area contributed by atoms with Crippen LogP contribution in [0, 0.1) is 0 Å². The maximum Gasteiger partial charge on any atom is -0.0178 e. The topological polar surface area (TPSA) is 0 Å². The van der Waals surface area contributed by atoms with Crippen LogP contribution in [0.5, 0.6) is 0 Å². The molecule has 0 unspecified atom stereocenters. The molecular formula is C20H24. The molecule has 20 heavy (non-hydrogen) atoms. The van der Waals surface area contributed by atoms with Crippen molar-refractivity contribution in [2.75, 3.05) is 0 Å². The van der Waals surface area contributed by atoms with Crippen LogP contribution < -0.4 is 0 Å². The van der Waals surface area contributed by atoms with Crippen LogP contribution in [0.25, 0.3) is 17.2 Å². The SMILES string of the molecule is C=Cc1c(C(C)C)cc(-c2ccccc2)cc1C(C)C. The van der Waals surface area contributed by atoms with Gasteiger partial charge in [-0.3, -0.25) is 0 Å². The summed E-state index contributed by atoms with van der Waals surface area (Å²) in [7, 11) is 0. The van der Waals surface area contributed by atoms with Gasteiger partial charge in [0, 0.05) is 0 Å². The van der Waals surface area contributed by atoms with Gasteiger partial charge in [-0.15, -0.1) is 0 Å². The van der Waals surface area contributed by atoms with Gasteiger partial charge in [-0.25, -0.2) is 0 Å². The van der Waals surface area contributed by atoms with Gasteiger partial charge in [-0.1, -0.05) is 82.8 Å². The van der Waals surface area contributed by atoms with Crippen molar-refractivity contribution in [1.29, 1.82) is 0 Å². The van der Waals surface area contributed by atoms with Crippen LogP contribution in [-0.4, -0.2) is 0 Å². The molecule has 104 valence electrons. The predicted octanol–water partition coefficient (Wildman–Crippen LogP) is 6.24. The minimum absolute atomic E-state index is 0.504. The van der Waals surface area contributed by atoms with Crippen LogP contribution >= 0.6 is 0 Å². The Bertz CT molecular complexity index is 560. The Morgan fingerprint density at radius 3 is 1.70 bits per heavy atom. The highest BCUT2D eigenvalue weighted by atomic mass is 14.2. The van der Waals surface area contributed by atoms with Crippen molar-refractivity contribution in [1.82, 2.24) is 0 Å². The summed E-state index contributed by atoms with van der Waals surface area (Å²) in [5.74, 6) is 1.01. The van der Waals surface area contributed by atoms with Gasteiger partial charge in [0.05, 0.1) is 0 Å². The second-order valence-electron chi connectivity index (χ2n) is 5.95. The zero-order chi connectivity index (χ0) is 14.7. The molecule has 0 fully saturated rings. The summed E-state index contributed by atoms with van der Waals surface area (Å²) >= 11 is 0. The van der Waals surface area contributed by atoms with Gasteiger partial charge in [0.25, 0.3) is 0 Å². The molecule has 0 saturated carbocycles. The Morgan fingerprint density at radius 2 is 1.30 bits per heavy atom. The van der Waals surface area contributed by atoms with E-state index in [0.717, 1.165) is 0 Å². The average molecular weight is 264 g/mol. The van der Waals surface area contributed by atoms with E-state index in [9.17, 15) is 0 Å². The van der Waals surface area contributed by atoms with E-state index in [4.69, 9.17) is 0 Å². The average Bonchev–Trinajstić information content (AvgIpc) is 2.46. The molecule has 0 aliphatic rings. The molecule has 2 rings (SSSR count). The summed E-state index contributed by atoms with van der Waals surface area (Å²) in [5.41, 5.74) is 6.69. The molecule has 2 aromatic rings. The number of hydrogen-bond donors (Lipinski definition) is 0. The van der Waals surface area contributed by atoms with Crippen molar-refractivity contribution in [3.63, 3.8) is 0 Å². The summed E-state index contributed by atoms with van der Waals surface area (Å²) < 4.78 is 0. The Balaban J connectivity index is 2.69. The molecule has 0 saturated heterocycles. The standard InChI is InChI=1S/C20H24/c1-6-18-19(14(2)3)12-17(13-20(18)15(4)5)16-10-8-7-9-11-16/h6-15H,1H2,2-5H3. The highest BCUT2D eigenvalue weighted by molar-refractivity contribution is 5.71. The van der Waals surface area contributed by atoms with Crippen LogP contribution in [-0.2, 0) is 0 Å². The maximum absolute atomic E-state index is 4.02. The summed E-state index contributed by atoms with van der Waals surface area (Å²) in [6, 6.07) is 15.3. The molecule has 0 bridgehead atoms. The van der Waals surface area contributed by atoms with Crippen molar-refractivity contribution >= 4 is 6.08 Å². The molecule has 0 spiro atoms. The normalized spacial score (nSPS) is 11.1. The van der Waals surface area contributed by atoms with Gasteiger partial charge in [-0.05, 0) is 39.7 Å². The van der Waals surface area contributed by atoms with Gasteiger partial charge < -0.3 is 0 Å². The van der Waals surface area contributed by atoms with Gasteiger partial charge in [0.2, 0.25) is 0 Å². The third kappa shape index (κ3) is 2.85. The molecule has 0 heterocycles. The molecule has 0 atom stereocenters. The maximum atomic E-state index is 4.02. The first-order chi connectivity index (χ1) is 9.54. The monoisotopic (exact) mass is 264 g/mol. The summed E-state index contributed by atoms with van der Waals surface area (Å²) in [6.07, 6.45) is 2.01. The predicted molar refractivity (Wildman–Crippen MR) is 90.1 cm³/mol. The second kappa shape index (κ2) is 6.09. The summed E-state index contributed by atoms with van der Waals surface area (Å²) in [6.45, 7) is 13.0. The molecular weight excluding hydrogens is 240 g/mol. The van der Waals surface area contributed by atoms with E-state index in [1.54, 1.807) is 0 Å². The fourth-order valence-corrected chi connectivity index (χ4v) is 2.69. The smallest absolute Gasteiger partial charge is 0.0178 e. The molecule has 0 amide bonds. The lowest BCUT2D eigenvalue weighted by Gasteiger charge is -2.19. The quantitative estimate of drug-likeness (QED) is 0.613.